The van der Waals surface area contributed by atoms with Crippen LogP contribution >= 0.6 is 0 Å². The van der Waals surface area contributed by atoms with Gasteiger partial charge >= 0.3 is 6.09 Å². The van der Waals surface area contributed by atoms with Gasteiger partial charge in [0.15, 0.2) is 12.4 Å². The summed E-state index contributed by atoms with van der Waals surface area (Å²) < 4.78 is 16.0. The van der Waals surface area contributed by atoms with Gasteiger partial charge in [0, 0.05) is 6.54 Å². The highest BCUT2D eigenvalue weighted by molar-refractivity contribution is 5.76. The van der Waals surface area contributed by atoms with E-state index in [-0.39, 0.29) is 6.61 Å². The summed E-state index contributed by atoms with van der Waals surface area (Å²) >= 11 is 0. The molecule has 6 heteroatoms. The van der Waals surface area contributed by atoms with Crippen LogP contribution in [0.25, 0.3) is 0 Å². The van der Waals surface area contributed by atoms with Gasteiger partial charge in [0.05, 0.1) is 20.3 Å². The fourth-order valence-electron chi connectivity index (χ4n) is 2.86. The van der Waals surface area contributed by atoms with Crippen LogP contribution in [0.15, 0.2) is 54.6 Å². The molecule has 0 N–H and O–H groups in total. The second-order valence-electron chi connectivity index (χ2n) is 6.03. The van der Waals surface area contributed by atoms with Crippen LogP contribution in [0.5, 0.6) is 5.75 Å². The van der Waals surface area contributed by atoms with Gasteiger partial charge in [0.2, 0.25) is 0 Å². The zero-order valence-electron chi connectivity index (χ0n) is 14.5. The molecule has 2 aromatic carbocycles. The molecule has 2 atom stereocenters. The Morgan fingerprint density at radius 3 is 2.46 bits per heavy atom. The van der Waals surface area contributed by atoms with Crippen molar-refractivity contribution in [2.45, 2.75) is 25.3 Å². The van der Waals surface area contributed by atoms with Crippen LogP contribution < -0.4 is 4.74 Å². The zero-order chi connectivity index (χ0) is 18.4. The molecule has 0 unspecified atom stereocenters. The predicted molar refractivity (Wildman–Crippen MR) is 94.8 cm³/mol. The topological polar surface area (TPSA) is 65.1 Å². The molecule has 2 aromatic rings. The number of hydrogen-bond acceptors (Lipinski definition) is 5. The molecule has 0 radical (unpaired) electrons. The van der Waals surface area contributed by atoms with Crippen LogP contribution in [0.2, 0.25) is 0 Å². The Labute approximate surface area is 152 Å². The number of amides is 1. The van der Waals surface area contributed by atoms with E-state index >= 15 is 0 Å². The van der Waals surface area contributed by atoms with Crippen LogP contribution in [0.4, 0.5) is 4.79 Å². The number of carbonyl (C=O) groups excluding carboxylic acids is 2. The number of hydrogen-bond donors (Lipinski definition) is 0. The summed E-state index contributed by atoms with van der Waals surface area (Å²) in [4.78, 5) is 25.0. The van der Waals surface area contributed by atoms with Crippen molar-refractivity contribution < 1.29 is 23.8 Å². The Bertz CT molecular complexity index is 732. The Morgan fingerprint density at radius 2 is 1.81 bits per heavy atom. The van der Waals surface area contributed by atoms with Crippen LogP contribution in [0.3, 0.4) is 0 Å². The van der Waals surface area contributed by atoms with E-state index in [1.54, 1.807) is 7.11 Å². The SMILES string of the molecule is COc1ccc(CN2C(=O)O[C@H](C=O)[C@@H]2COCc2ccccc2)cc1. The number of ether oxygens (including phenoxy) is 3. The lowest BCUT2D eigenvalue weighted by Gasteiger charge is -2.23. The molecule has 3 rings (SSSR count). The van der Waals surface area contributed by atoms with Crippen molar-refractivity contribution in [2.75, 3.05) is 13.7 Å². The van der Waals surface area contributed by atoms with Gasteiger partial charge in [0.25, 0.3) is 0 Å². The summed E-state index contributed by atoms with van der Waals surface area (Å²) in [6.45, 7) is 0.972. The van der Waals surface area contributed by atoms with E-state index in [1.165, 1.54) is 4.90 Å². The monoisotopic (exact) mass is 355 g/mol. The first kappa shape index (κ1) is 17.9. The summed E-state index contributed by atoms with van der Waals surface area (Å²) in [5, 5.41) is 0. The van der Waals surface area contributed by atoms with E-state index < -0.39 is 18.2 Å². The van der Waals surface area contributed by atoms with E-state index in [9.17, 15) is 9.59 Å². The number of aldehydes is 1. The first-order valence-corrected chi connectivity index (χ1v) is 8.38. The molecule has 0 saturated carbocycles. The van der Waals surface area contributed by atoms with Gasteiger partial charge in [0.1, 0.15) is 11.8 Å². The van der Waals surface area contributed by atoms with Gasteiger partial charge < -0.3 is 14.2 Å². The van der Waals surface area contributed by atoms with Gasteiger partial charge in [-0.15, -0.1) is 0 Å². The highest BCUT2D eigenvalue weighted by Crippen LogP contribution is 2.23. The zero-order valence-corrected chi connectivity index (χ0v) is 14.5. The minimum Gasteiger partial charge on any atom is -0.497 e. The number of benzene rings is 2. The Morgan fingerprint density at radius 1 is 1.08 bits per heavy atom. The highest BCUT2D eigenvalue weighted by Gasteiger charge is 2.41. The lowest BCUT2D eigenvalue weighted by molar-refractivity contribution is -0.115. The molecule has 0 aliphatic carbocycles. The molecule has 1 fully saturated rings. The van der Waals surface area contributed by atoms with Crippen LogP contribution in [0, 0.1) is 0 Å². The third-order valence-electron chi connectivity index (χ3n) is 4.30. The van der Waals surface area contributed by atoms with Crippen LogP contribution in [-0.4, -0.2) is 43.1 Å². The quantitative estimate of drug-likeness (QED) is 0.681. The number of carbonyl (C=O) groups is 2. The van der Waals surface area contributed by atoms with Crippen LogP contribution in [0.1, 0.15) is 11.1 Å². The summed E-state index contributed by atoms with van der Waals surface area (Å²) in [7, 11) is 1.60. The standard InChI is InChI=1S/C20H21NO5/c1-24-17-9-7-15(8-10-17)11-21-18(19(12-22)26-20(21)23)14-25-13-16-5-3-2-4-6-16/h2-10,12,18-19H,11,13-14H2,1H3/t18-,19+/m0/s1. The molecule has 136 valence electrons. The molecule has 1 heterocycles. The normalized spacial score (nSPS) is 19.3. The third kappa shape index (κ3) is 4.21. The van der Waals surface area contributed by atoms with Gasteiger partial charge in [-0.2, -0.15) is 0 Å². The number of cyclic esters (lactones) is 1. The molecule has 0 spiro atoms. The molecule has 1 amide bonds. The smallest absolute Gasteiger partial charge is 0.411 e. The maximum absolute atomic E-state index is 12.2. The minimum atomic E-state index is -0.823. The average molecular weight is 355 g/mol. The summed E-state index contributed by atoms with van der Waals surface area (Å²) in [6.07, 6.45) is -0.676. The van der Waals surface area contributed by atoms with E-state index in [1.807, 2.05) is 54.6 Å². The molecule has 0 aromatic heterocycles. The minimum absolute atomic E-state index is 0.222. The Balaban J connectivity index is 1.65. The van der Waals surface area contributed by atoms with Crippen molar-refractivity contribution in [1.82, 2.24) is 4.90 Å². The van der Waals surface area contributed by atoms with Gasteiger partial charge in [-0.25, -0.2) is 4.79 Å². The molecule has 6 nitrogen and oxygen atoms in total. The first-order valence-electron chi connectivity index (χ1n) is 8.38. The highest BCUT2D eigenvalue weighted by atomic mass is 16.6. The van der Waals surface area contributed by atoms with Gasteiger partial charge in [-0.3, -0.25) is 9.69 Å². The summed E-state index contributed by atoms with van der Waals surface area (Å²) in [5.41, 5.74) is 1.95. The summed E-state index contributed by atoms with van der Waals surface area (Å²) in [6, 6.07) is 16.7. The maximum Gasteiger partial charge on any atom is 0.411 e. The van der Waals surface area contributed by atoms with Crippen molar-refractivity contribution in [3.8, 4) is 5.75 Å². The molecular weight excluding hydrogens is 334 g/mol. The van der Waals surface area contributed by atoms with Crippen molar-refractivity contribution in [2.24, 2.45) is 0 Å². The van der Waals surface area contributed by atoms with E-state index in [4.69, 9.17) is 14.2 Å². The average Bonchev–Trinajstić information content (AvgIpc) is 2.98. The number of rotatable bonds is 8. The van der Waals surface area contributed by atoms with E-state index in [2.05, 4.69) is 0 Å². The summed E-state index contributed by atoms with van der Waals surface area (Å²) in [5.74, 6) is 0.742. The van der Waals surface area contributed by atoms with Gasteiger partial charge in [-0.1, -0.05) is 42.5 Å². The second-order valence-corrected chi connectivity index (χ2v) is 6.03. The third-order valence-corrected chi connectivity index (χ3v) is 4.30. The molecule has 1 aliphatic heterocycles. The van der Waals surface area contributed by atoms with E-state index in [0.717, 1.165) is 16.9 Å². The number of nitrogens with zero attached hydrogens (tertiary/aromatic N) is 1. The van der Waals surface area contributed by atoms with Crippen molar-refractivity contribution in [3.63, 3.8) is 0 Å². The molecule has 1 saturated heterocycles. The van der Waals surface area contributed by atoms with E-state index in [0.29, 0.717) is 19.4 Å². The number of methoxy groups -OCH3 is 1. The lowest BCUT2D eigenvalue weighted by Crippen LogP contribution is -2.40. The first-order chi connectivity index (χ1) is 12.7. The van der Waals surface area contributed by atoms with Gasteiger partial charge in [-0.05, 0) is 23.3 Å². The molecule has 26 heavy (non-hydrogen) atoms. The predicted octanol–water partition coefficient (Wildman–Crippen LogP) is 2.80. The van der Waals surface area contributed by atoms with Crippen molar-refractivity contribution in [1.29, 1.82) is 0 Å². The largest absolute Gasteiger partial charge is 0.497 e. The van der Waals surface area contributed by atoms with Crippen LogP contribution in [-0.2, 0) is 27.4 Å². The Hall–Kier alpha value is -2.86. The second kappa shape index (κ2) is 8.49. The maximum atomic E-state index is 12.2. The van der Waals surface area contributed by atoms with Crippen molar-refractivity contribution in [3.05, 3.63) is 65.7 Å². The fraction of sp³-hybridized carbons (Fsp3) is 0.300. The lowest BCUT2D eigenvalue weighted by atomic mass is 10.1. The Kier molecular flexibility index (Phi) is 5.86. The molecule has 0 bridgehead atoms. The molecular formula is C20H21NO5. The molecule has 1 aliphatic rings. The fourth-order valence-corrected chi connectivity index (χ4v) is 2.86. The van der Waals surface area contributed by atoms with Crippen molar-refractivity contribution >= 4 is 12.4 Å².